The molecule has 8 heteroatoms. The Morgan fingerprint density at radius 1 is 1.29 bits per heavy atom. The second-order valence-electron chi connectivity index (χ2n) is 4.35. The van der Waals surface area contributed by atoms with E-state index in [1.165, 1.54) is 0 Å². The molecule has 0 unspecified atom stereocenters. The van der Waals surface area contributed by atoms with E-state index in [-0.39, 0.29) is 0 Å². The minimum atomic E-state index is 0.348. The topological polar surface area (TPSA) is 105 Å². The minimum Gasteiger partial charge on any atom is -0.497 e. The van der Waals surface area contributed by atoms with E-state index in [0.717, 1.165) is 11.3 Å². The van der Waals surface area contributed by atoms with Crippen molar-refractivity contribution in [3.63, 3.8) is 0 Å². The molecule has 1 aromatic carbocycles. The number of methoxy groups -OCH3 is 1. The molecule has 0 aliphatic carbocycles. The summed E-state index contributed by atoms with van der Waals surface area (Å²) < 4.78 is 11.9. The lowest BCUT2D eigenvalue weighted by molar-refractivity contribution is 0.364. The Balaban J connectivity index is 1.75. The number of aromatic nitrogens is 5. The first kappa shape index (κ1) is 13.3. The van der Waals surface area contributed by atoms with E-state index in [1.807, 2.05) is 24.3 Å². The maximum atomic E-state index is 5.48. The molecule has 0 amide bonds. The van der Waals surface area contributed by atoms with Crippen molar-refractivity contribution in [3.8, 4) is 17.1 Å². The fourth-order valence-electron chi connectivity index (χ4n) is 1.82. The van der Waals surface area contributed by atoms with Crippen LogP contribution in [0.15, 0.2) is 35.0 Å². The van der Waals surface area contributed by atoms with E-state index in [0.29, 0.717) is 30.5 Å². The maximum Gasteiger partial charge on any atom is 0.248 e. The fourth-order valence-corrected chi connectivity index (χ4v) is 1.82. The average Bonchev–Trinajstić information content (AvgIpc) is 3.17. The Morgan fingerprint density at radius 2 is 2.10 bits per heavy atom. The van der Waals surface area contributed by atoms with Crippen LogP contribution in [0, 0.1) is 0 Å². The first-order valence-corrected chi connectivity index (χ1v) is 6.34. The summed E-state index contributed by atoms with van der Waals surface area (Å²) in [7, 11) is 1.62. The lowest BCUT2D eigenvalue weighted by Gasteiger charge is -1.98. The summed E-state index contributed by atoms with van der Waals surface area (Å²) in [5.41, 5.74) is 7.05. The summed E-state index contributed by atoms with van der Waals surface area (Å²) in [5, 5.41) is 11.8. The number of nitrogens with zero attached hydrogens (tertiary/aromatic N) is 5. The van der Waals surface area contributed by atoms with Crippen molar-refractivity contribution in [3.05, 3.63) is 42.0 Å². The molecule has 0 fully saturated rings. The predicted molar refractivity (Wildman–Crippen MR) is 73.3 cm³/mol. The Kier molecular flexibility index (Phi) is 3.61. The van der Waals surface area contributed by atoms with Crippen LogP contribution >= 0.6 is 0 Å². The number of hydrogen-bond acceptors (Lipinski definition) is 7. The summed E-state index contributed by atoms with van der Waals surface area (Å²) in [5.74, 6) is 1.75. The van der Waals surface area contributed by atoms with Crippen molar-refractivity contribution in [2.75, 3.05) is 7.11 Å². The second kappa shape index (κ2) is 5.71. The summed E-state index contributed by atoms with van der Waals surface area (Å²) in [6, 6.07) is 7.43. The maximum absolute atomic E-state index is 5.48. The van der Waals surface area contributed by atoms with Crippen LogP contribution in [0.4, 0.5) is 0 Å². The number of benzene rings is 1. The zero-order valence-corrected chi connectivity index (χ0v) is 11.4. The number of nitrogens with two attached hydrogens (primary N) is 1. The molecule has 21 heavy (non-hydrogen) atoms. The molecule has 2 aromatic heterocycles. The van der Waals surface area contributed by atoms with Crippen LogP contribution in [-0.2, 0) is 13.1 Å². The van der Waals surface area contributed by atoms with Gasteiger partial charge in [-0.05, 0) is 24.3 Å². The Hall–Kier alpha value is -2.74. The molecule has 2 heterocycles. The molecular weight excluding hydrogens is 272 g/mol. The van der Waals surface area contributed by atoms with Crippen LogP contribution < -0.4 is 10.5 Å². The van der Waals surface area contributed by atoms with Gasteiger partial charge in [-0.1, -0.05) is 10.4 Å². The molecule has 0 bridgehead atoms. The summed E-state index contributed by atoms with van der Waals surface area (Å²) in [6.45, 7) is 0.705. The van der Waals surface area contributed by atoms with Crippen molar-refractivity contribution < 1.29 is 9.26 Å². The van der Waals surface area contributed by atoms with Gasteiger partial charge in [-0.15, -0.1) is 5.10 Å². The summed E-state index contributed by atoms with van der Waals surface area (Å²) >= 11 is 0. The van der Waals surface area contributed by atoms with E-state index in [1.54, 1.807) is 18.0 Å². The molecule has 3 aromatic rings. The quantitative estimate of drug-likeness (QED) is 0.741. The molecule has 0 aliphatic heterocycles. The first-order chi connectivity index (χ1) is 10.3. The van der Waals surface area contributed by atoms with E-state index in [4.69, 9.17) is 15.0 Å². The molecule has 8 nitrogen and oxygen atoms in total. The van der Waals surface area contributed by atoms with Gasteiger partial charge in [0.05, 0.1) is 19.0 Å². The predicted octanol–water partition coefficient (Wildman–Crippen LogP) is 0.844. The van der Waals surface area contributed by atoms with Gasteiger partial charge < -0.3 is 15.0 Å². The summed E-state index contributed by atoms with van der Waals surface area (Å²) in [4.78, 5) is 4.33. The molecule has 108 valence electrons. The third-order valence-corrected chi connectivity index (χ3v) is 2.91. The van der Waals surface area contributed by atoms with E-state index in [2.05, 4.69) is 20.5 Å². The lowest BCUT2D eigenvalue weighted by atomic mass is 10.2. The number of rotatable bonds is 5. The molecule has 0 radical (unpaired) electrons. The second-order valence-corrected chi connectivity index (χ2v) is 4.35. The van der Waals surface area contributed by atoms with Crippen molar-refractivity contribution in [1.29, 1.82) is 0 Å². The van der Waals surface area contributed by atoms with Crippen LogP contribution in [0.3, 0.4) is 0 Å². The molecule has 0 spiro atoms. The van der Waals surface area contributed by atoms with Crippen LogP contribution in [0.5, 0.6) is 5.75 Å². The highest BCUT2D eigenvalue weighted by atomic mass is 16.5. The van der Waals surface area contributed by atoms with Crippen LogP contribution in [-0.4, -0.2) is 32.2 Å². The van der Waals surface area contributed by atoms with Crippen molar-refractivity contribution in [2.45, 2.75) is 13.1 Å². The van der Waals surface area contributed by atoms with Gasteiger partial charge >= 0.3 is 0 Å². The highest BCUT2D eigenvalue weighted by Gasteiger charge is 2.10. The van der Waals surface area contributed by atoms with E-state index >= 15 is 0 Å². The average molecular weight is 286 g/mol. The van der Waals surface area contributed by atoms with Gasteiger partial charge in [-0.25, -0.2) is 4.68 Å². The fraction of sp³-hybridized carbons (Fsp3) is 0.231. The molecule has 0 saturated carbocycles. The summed E-state index contributed by atoms with van der Waals surface area (Å²) in [6.07, 6.45) is 1.75. The van der Waals surface area contributed by atoms with Gasteiger partial charge in [0, 0.05) is 12.1 Å². The minimum absolute atomic E-state index is 0.348. The Labute approximate surface area is 120 Å². The smallest absolute Gasteiger partial charge is 0.248 e. The van der Waals surface area contributed by atoms with E-state index in [9.17, 15) is 0 Å². The number of ether oxygens (including phenoxy) is 1. The van der Waals surface area contributed by atoms with Gasteiger partial charge in [0.1, 0.15) is 12.3 Å². The molecule has 0 aliphatic rings. The standard InChI is InChI=1S/C13H14N6O2/c1-20-11-4-2-9(3-5-11)13-15-12(21-17-13)8-19-7-10(6-14)16-18-19/h2-5,7H,6,8,14H2,1H3. The van der Waals surface area contributed by atoms with Crippen LogP contribution in [0.2, 0.25) is 0 Å². The van der Waals surface area contributed by atoms with Crippen molar-refractivity contribution >= 4 is 0 Å². The van der Waals surface area contributed by atoms with Crippen LogP contribution in [0.1, 0.15) is 11.6 Å². The van der Waals surface area contributed by atoms with Crippen LogP contribution in [0.25, 0.3) is 11.4 Å². The number of hydrogen-bond donors (Lipinski definition) is 1. The zero-order valence-electron chi connectivity index (χ0n) is 11.4. The zero-order chi connectivity index (χ0) is 14.7. The lowest BCUT2D eigenvalue weighted by Crippen LogP contribution is -2.00. The van der Waals surface area contributed by atoms with Crippen molar-refractivity contribution in [2.24, 2.45) is 5.73 Å². The molecule has 2 N–H and O–H groups in total. The van der Waals surface area contributed by atoms with Gasteiger partial charge in [-0.2, -0.15) is 4.98 Å². The van der Waals surface area contributed by atoms with Gasteiger partial charge in [0.2, 0.25) is 11.7 Å². The first-order valence-electron chi connectivity index (χ1n) is 6.34. The van der Waals surface area contributed by atoms with Gasteiger partial charge in [0.25, 0.3) is 0 Å². The molecule has 0 saturated heterocycles. The highest BCUT2D eigenvalue weighted by Crippen LogP contribution is 2.19. The normalized spacial score (nSPS) is 10.8. The molecular formula is C13H14N6O2. The third kappa shape index (κ3) is 2.90. The monoisotopic (exact) mass is 286 g/mol. The van der Waals surface area contributed by atoms with Gasteiger partial charge in [0.15, 0.2) is 0 Å². The van der Waals surface area contributed by atoms with Gasteiger partial charge in [-0.3, -0.25) is 0 Å². The van der Waals surface area contributed by atoms with Crippen molar-refractivity contribution in [1.82, 2.24) is 25.1 Å². The Bertz CT molecular complexity index is 718. The Morgan fingerprint density at radius 3 is 2.76 bits per heavy atom. The highest BCUT2D eigenvalue weighted by molar-refractivity contribution is 5.55. The molecule has 0 atom stereocenters. The third-order valence-electron chi connectivity index (χ3n) is 2.91. The SMILES string of the molecule is COc1ccc(-c2noc(Cn3cc(CN)nn3)n2)cc1. The van der Waals surface area contributed by atoms with E-state index < -0.39 is 0 Å². The largest absolute Gasteiger partial charge is 0.497 e. The molecule has 3 rings (SSSR count).